The highest BCUT2D eigenvalue weighted by molar-refractivity contribution is 9.10. The SMILES string of the molecule is Nc1nc(C=O)cc(Br)c1C(F)F. The van der Waals surface area contributed by atoms with Gasteiger partial charge in [-0.1, -0.05) is 15.9 Å². The van der Waals surface area contributed by atoms with Crippen LogP contribution in [0.25, 0.3) is 0 Å². The van der Waals surface area contributed by atoms with E-state index in [-0.39, 0.29) is 21.5 Å². The molecule has 1 rings (SSSR count). The highest BCUT2D eigenvalue weighted by Gasteiger charge is 2.17. The normalized spacial score (nSPS) is 10.5. The molecule has 1 aromatic rings. The molecule has 0 aliphatic carbocycles. The van der Waals surface area contributed by atoms with Gasteiger partial charge in [0.1, 0.15) is 11.5 Å². The predicted octanol–water partition coefficient (Wildman–Crippen LogP) is 2.18. The van der Waals surface area contributed by atoms with Crippen LogP contribution in [-0.4, -0.2) is 11.3 Å². The molecule has 0 saturated heterocycles. The topological polar surface area (TPSA) is 56.0 Å². The fraction of sp³-hybridized carbons (Fsp3) is 0.143. The number of nitrogens with two attached hydrogens (primary N) is 1. The minimum atomic E-state index is -2.71. The van der Waals surface area contributed by atoms with Gasteiger partial charge in [-0.2, -0.15) is 0 Å². The zero-order chi connectivity index (χ0) is 10.0. The van der Waals surface area contributed by atoms with Crippen LogP contribution in [0.15, 0.2) is 10.5 Å². The number of carbonyl (C=O) groups excluding carboxylic acids is 1. The van der Waals surface area contributed by atoms with Gasteiger partial charge >= 0.3 is 0 Å². The Hall–Kier alpha value is -1.04. The Morgan fingerprint density at radius 3 is 2.62 bits per heavy atom. The number of aromatic nitrogens is 1. The van der Waals surface area contributed by atoms with E-state index in [4.69, 9.17) is 5.73 Å². The van der Waals surface area contributed by atoms with Crippen LogP contribution >= 0.6 is 15.9 Å². The zero-order valence-corrected chi connectivity index (χ0v) is 7.88. The van der Waals surface area contributed by atoms with Crippen molar-refractivity contribution in [2.75, 3.05) is 5.73 Å². The molecule has 70 valence electrons. The second-order valence-electron chi connectivity index (χ2n) is 2.25. The Bertz CT molecular complexity index is 320. The van der Waals surface area contributed by atoms with E-state index in [2.05, 4.69) is 20.9 Å². The lowest BCUT2D eigenvalue weighted by molar-refractivity contribution is 0.111. The van der Waals surface area contributed by atoms with E-state index < -0.39 is 6.43 Å². The summed E-state index contributed by atoms with van der Waals surface area (Å²) in [5.41, 5.74) is 4.86. The van der Waals surface area contributed by atoms with Gasteiger partial charge in [0.05, 0.1) is 5.56 Å². The first-order valence-electron chi connectivity index (χ1n) is 3.25. The van der Waals surface area contributed by atoms with Crippen LogP contribution in [-0.2, 0) is 0 Å². The minimum Gasteiger partial charge on any atom is -0.383 e. The number of halogens is 3. The van der Waals surface area contributed by atoms with E-state index in [9.17, 15) is 13.6 Å². The quantitative estimate of drug-likeness (QED) is 0.819. The van der Waals surface area contributed by atoms with Gasteiger partial charge in [-0.15, -0.1) is 0 Å². The molecule has 0 unspecified atom stereocenters. The summed E-state index contributed by atoms with van der Waals surface area (Å²) < 4.78 is 24.7. The van der Waals surface area contributed by atoms with Gasteiger partial charge in [0.15, 0.2) is 6.29 Å². The third-order valence-electron chi connectivity index (χ3n) is 1.40. The summed E-state index contributed by atoms with van der Waals surface area (Å²) in [6, 6.07) is 1.20. The number of carbonyl (C=O) groups is 1. The number of nitrogens with zero attached hydrogens (tertiary/aromatic N) is 1. The zero-order valence-electron chi connectivity index (χ0n) is 6.30. The number of hydrogen-bond donors (Lipinski definition) is 1. The Morgan fingerprint density at radius 2 is 2.23 bits per heavy atom. The number of aldehydes is 1. The molecule has 13 heavy (non-hydrogen) atoms. The molecule has 0 aromatic carbocycles. The van der Waals surface area contributed by atoms with Crippen molar-refractivity contribution in [1.29, 1.82) is 0 Å². The molecule has 0 amide bonds. The molecule has 0 bridgehead atoms. The highest BCUT2D eigenvalue weighted by atomic mass is 79.9. The molecule has 6 heteroatoms. The maximum absolute atomic E-state index is 12.3. The average Bonchev–Trinajstić information content (AvgIpc) is 2.02. The Kier molecular flexibility index (Phi) is 2.92. The van der Waals surface area contributed by atoms with E-state index in [1.165, 1.54) is 6.07 Å². The van der Waals surface area contributed by atoms with Crippen molar-refractivity contribution in [2.45, 2.75) is 6.43 Å². The van der Waals surface area contributed by atoms with Crippen LogP contribution in [0.3, 0.4) is 0 Å². The van der Waals surface area contributed by atoms with Gasteiger partial charge in [-0.25, -0.2) is 13.8 Å². The number of nitrogen functional groups attached to an aromatic ring is 1. The van der Waals surface area contributed by atoms with Crippen molar-refractivity contribution >= 4 is 28.0 Å². The second kappa shape index (κ2) is 3.78. The fourth-order valence-corrected chi connectivity index (χ4v) is 1.45. The first kappa shape index (κ1) is 10.0. The monoisotopic (exact) mass is 250 g/mol. The van der Waals surface area contributed by atoms with Gasteiger partial charge in [0.2, 0.25) is 0 Å². The van der Waals surface area contributed by atoms with Crippen LogP contribution in [0.4, 0.5) is 14.6 Å². The van der Waals surface area contributed by atoms with Gasteiger partial charge in [-0.05, 0) is 6.07 Å². The molecule has 0 aliphatic rings. The standard InChI is InChI=1S/C7H5BrF2N2O/c8-4-1-3(2-13)12-7(11)5(4)6(9)10/h1-2,6H,(H2,11,12). The van der Waals surface area contributed by atoms with E-state index in [1.54, 1.807) is 0 Å². The van der Waals surface area contributed by atoms with Crippen LogP contribution in [0.5, 0.6) is 0 Å². The summed E-state index contributed by atoms with van der Waals surface area (Å²) in [4.78, 5) is 13.7. The first-order chi connectivity index (χ1) is 6.06. The van der Waals surface area contributed by atoms with E-state index >= 15 is 0 Å². The molecule has 0 fully saturated rings. The lowest BCUT2D eigenvalue weighted by atomic mass is 10.2. The van der Waals surface area contributed by atoms with Crippen molar-refractivity contribution in [3.63, 3.8) is 0 Å². The van der Waals surface area contributed by atoms with E-state index in [1.807, 2.05) is 0 Å². The van der Waals surface area contributed by atoms with Crippen molar-refractivity contribution in [1.82, 2.24) is 4.98 Å². The van der Waals surface area contributed by atoms with Crippen LogP contribution in [0.1, 0.15) is 22.5 Å². The highest BCUT2D eigenvalue weighted by Crippen LogP contribution is 2.31. The molecule has 0 radical (unpaired) electrons. The lowest BCUT2D eigenvalue weighted by Gasteiger charge is -2.06. The number of hydrogen-bond acceptors (Lipinski definition) is 3. The summed E-state index contributed by atoms with van der Waals surface area (Å²) in [5, 5.41) is 0. The summed E-state index contributed by atoms with van der Waals surface area (Å²) >= 11 is 2.88. The number of anilines is 1. The third kappa shape index (κ3) is 2.00. The maximum Gasteiger partial charge on any atom is 0.268 e. The largest absolute Gasteiger partial charge is 0.383 e. The summed E-state index contributed by atoms with van der Waals surface area (Å²) in [7, 11) is 0. The summed E-state index contributed by atoms with van der Waals surface area (Å²) in [6.07, 6.45) is -2.27. The number of alkyl halides is 2. The summed E-state index contributed by atoms with van der Waals surface area (Å²) in [5.74, 6) is -0.327. The molecule has 0 spiro atoms. The summed E-state index contributed by atoms with van der Waals surface area (Å²) in [6.45, 7) is 0. The van der Waals surface area contributed by atoms with Crippen molar-refractivity contribution in [3.8, 4) is 0 Å². The van der Waals surface area contributed by atoms with Gasteiger partial charge < -0.3 is 5.73 Å². The fourth-order valence-electron chi connectivity index (χ4n) is 0.838. The van der Waals surface area contributed by atoms with Crippen LogP contribution in [0.2, 0.25) is 0 Å². The molecule has 0 saturated carbocycles. The molecule has 1 heterocycles. The van der Waals surface area contributed by atoms with Crippen LogP contribution < -0.4 is 5.73 Å². The third-order valence-corrected chi connectivity index (χ3v) is 2.05. The van der Waals surface area contributed by atoms with Crippen molar-refractivity contribution < 1.29 is 13.6 Å². The van der Waals surface area contributed by atoms with Crippen LogP contribution in [0, 0.1) is 0 Å². The molecule has 1 aromatic heterocycles. The number of rotatable bonds is 2. The molecule has 0 atom stereocenters. The average molecular weight is 251 g/mol. The van der Waals surface area contributed by atoms with E-state index in [0.29, 0.717) is 6.29 Å². The minimum absolute atomic E-state index is 0.0220. The van der Waals surface area contributed by atoms with Gasteiger partial charge in [0, 0.05) is 4.47 Å². The lowest BCUT2D eigenvalue weighted by Crippen LogP contribution is -2.02. The van der Waals surface area contributed by atoms with Gasteiger partial charge in [0.25, 0.3) is 6.43 Å². The second-order valence-corrected chi connectivity index (χ2v) is 3.10. The van der Waals surface area contributed by atoms with E-state index in [0.717, 1.165) is 0 Å². The number of pyridine rings is 1. The van der Waals surface area contributed by atoms with Crippen molar-refractivity contribution in [2.24, 2.45) is 0 Å². The Morgan fingerprint density at radius 1 is 1.62 bits per heavy atom. The van der Waals surface area contributed by atoms with Crippen molar-refractivity contribution in [3.05, 3.63) is 21.8 Å². The molecule has 0 aliphatic heterocycles. The Balaban J connectivity index is 3.31. The van der Waals surface area contributed by atoms with Gasteiger partial charge in [-0.3, -0.25) is 4.79 Å². The maximum atomic E-state index is 12.3. The predicted molar refractivity (Wildman–Crippen MR) is 46.7 cm³/mol. The molecule has 2 N–H and O–H groups in total. The first-order valence-corrected chi connectivity index (χ1v) is 4.04. The molecular formula is C7H5BrF2N2O. The molecular weight excluding hydrogens is 246 g/mol. The Labute approximate surface area is 81.1 Å². The smallest absolute Gasteiger partial charge is 0.268 e. The molecule has 3 nitrogen and oxygen atoms in total.